The summed E-state index contributed by atoms with van der Waals surface area (Å²) in [5.41, 5.74) is 4.30. The van der Waals surface area contributed by atoms with Crippen LogP contribution in [-0.4, -0.2) is 47.2 Å². The van der Waals surface area contributed by atoms with Crippen LogP contribution in [0, 0.1) is 0 Å². The SMILES string of the molecule is CN1CCc2c(c3ccc(Nc4cccc(NCCF)c4)nc3n2C)C1=O. The number of aryl methyl sites for hydroxylation is 1. The van der Waals surface area contributed by atoms with Gasteiger partial charge in [0.05, 0.1) is 5.56 Å². The first kappa shape index (κ1) is 17.3. The summed E-state index contributed by atoms with van der Waals surface area (Å²) in [5, 5.41) is 7.19. The number of hydrogen-bond acceptors (Lipinski definition) is 4. The molecule has 0 saturated carbocycles. The van der Waals surface area contributed by atoms with Gasteiger partial charge in [0.1, 0.15) is 18.1 Å². The van der Waals surface area contributed by atoms with E-state index in [1.807, 2.05) is 55.1 Å². The number of anilines is 3. The minimum atomic E-state index is -0.415. The molecule has 1 amide bonds. The van der Waals surface area contributed by atoms with Gasteiger partial charge in [-0.1, -0.05) is 6.07 Å². The third kappa shape index (κ3) is 3.09. The fourth-order valence-electron chi connectivity index (χ4n) is 3.56. The molecule has 3 heterocycles. The van der Waals surface area contributed by atoms with Crippen molar-refractivity contribution in [2.45, 2.75) is 6.42 Å². The molecular weight excluding hydrogens is 345 g/mol. The fourth-order valence-corrected chi connectivity index (χ4v) is 3.56. The molecule has 1 aromatic carbocycles. The molecular formula is C20H22FN5O. The first-order valence-corrected chi connectivity index (χ1v) is 8.99. The van der Waals surface area contributed by atoms with Crippen molar-refractivity contribution in [3.8, 4) is 0 Å². The first-order valence-electron chi connectivity index (χ1n) is 8.99. The number of nitrogens with zero attached hydrogens (tertiary/aromatic N) is 3. The second-order valence-electron chi connectivity index (χ2n) is 6.75. The van der Waals surface area contributed by atoms with Crippen molar-refractivity contribution in [1.29, 1.82) is 0 Å². The summed E-state index contributed by atoms with van der Waals surface area (Å²) in [7, 11) is 3.79. The molecule has 0 fully saturated rings. The Balaban J connectivity index is 1.67. The molecule has 6 nitrogen and oxygen atoms in total. The van der Waals surface area contributed by atoms with E-state index in [9.17, 15) is 9.18 Å². The predicted molar refractivity (Wildman–Crippen MR) is 106 cm³/mol. The number of fused-ring (bicyclic) bond motifs is 3. The van der Waals surface area contributed by atoms with Gasteiger partial charge in [0.2, 0.25) is 0 Å². The van der Waals surface area contributed by atoms with E-state index in [1.165, 1.54) is 0 Å². The van der Waals surface area contributed by atoms with Crippen LogP contribution in [0.1, 0.15) is 16.1 Å². The Morgan fingerprint density at radius 2 is 2.00 bits per heavy atom. The molecule has 1 aliphatic rings. The topological polar surface area (TPSA) is 62.2 Å². The highest BCUT2D eigenvalue weighted by atomic mass is 19.1. The summed E-state index contributed by atoms with van der Waals surface area (Å²) in [6.07, 6.45) is 0.829. The summed E-state index contributed by atoms with van der Waals surface area (Å²) >= 11 is 0. The lowest BCUT2D eigenvalue weighted by Gasteiger charge is -2.23. The summed E-state index contributed by atoms with van der Waals surface area (Å²) in [5.74, 6) is 0.750. The standard InChI is InChI=1S/C20H22FN5O/c1-25-11-8-16-18(20(25)27)15-6-7-17(24-19(15)26(16)2)23-14-5-3-4-13(12-14)22-10-9-21/h3-7,12,22H,8-11H2,1-2H3,(H,23,24). The number of benzene rings is 1. The quantitative estimate of drug-likeness (QED) is 0.726. The third-order valence-corrected chi connectivity index (χ3v) is 4.96. The molecule has 0 bridgehead atoms. The van der Waals surface area contributed by atoms with Gasteiger partial charge in [-0.05, 0) is 30.3 Å². The number of amides is 1. The summed E-state index contributed by atoms with van der Waals surface area (Å²) in [4.78, 5) is 19.1. The van der Waals surface area contributed by atoms with Crippen LogP contribution in [0.25, 0.3) is 11.0 Å². The van der Waals surface area contributed by atoms with E-state index in [0.717, 1.165) is 46.6 Å². The number of carbonyl (C=O) groups excluding carboxylic acids is 1. The molecule has 0 unspecified atom stereocenters. The Labute approximate surface area is 157 Å². The van der Waals surface area contributed by atoms with E-state index in [4.69, 9.17) is 4.98 Å². The normalized spacial score (nSPS) is 13.7. The highest BCUT2D eigenvalue weighted by molar-refractivity contribution is 6.08. The largest absolute Gasteiger partial charge is 0.382 e. The smallest absolute Gasteiger partial charge is 0.256 e. The molecule has 27 heavy (non-hydrogen) atoms. The number of pyridine rings is 1. The van der Waals surface area contributed by atoms with Gasteiger partial charge in [-0.3, -0.25) is 4.79 Å². The van der Waals surface area contributed by atoms with Gasteiger partial charge in [-0.15, -0.1) is 0 Å². The van der Waals surface area contributed by atoms with E-state index >= 15 is 0 Å². The molecule has 3 aromatic rings. The van der Waals surface area contributed by atoms with Crippen molar-refractivity contribution in [3.63, 3.8) is 0 Å². The Kier molecular flexibility index (Phi) is 4.43. The van der Waals surface area contributed by atoms with E-state index in [2.05, 4.69) is 10.6 Å². The van der Waals surface area contributed by atoms with Gasteiger partial charge in [-0.2, -0.15) is 0 Å². The van der Waals surface area contributed by atoms with Gasteiger partial charge in [0.15, 0.2) is 0 Å². The van der Waals surface area contributed by atoms with Crippen molar-refractivity contribution >= 4 is 34.1 Å². The lowest BCUT2D eigenvalue weighted by atomic mass is 10.0. The number of hydrogen-bond donors (Lipinski definition) is 2. The maximum absolute atomic E-state index is 12.6. The van der Waals surface area contributed by atoms with Crippen LogP contribution in [-0.2, 0) is 13.5 Å². The summed E-state index contributed by atoms with van der Waals surface area (Å²) < 4.78 is 14.4. The lowest BCUT2D eigenvalue weighted by molar-refractivity contribution is 0.0781. The highest BCUT2D eigenvalue weighted by Gasteiger charge is 2.28. The van der Waals surface area contributed by atoms with Crippen LogP contribution in [0.15, 0.2) is 36.4 Å². The van der Waals surface area contributed by atoms with Gasteiger partial charge >= 0.3 is 0 Å². The van der Waals surface area contributed by atoms with Crippen LogP contribution in [0.2, 0.25) is 0 Å². The number of likely N-dealkylation sites (N-methyl/N-ethyl adjacent to an activating group) is 1. The number of nitrogens with one attached hydrogen (secondary N) is 2. The zero-order chi connectivity index (χ0) is 19.0. The molecule has 0 spiro atoms. The minimum absolute atomic E-state index is 0.0518. The zero-order valence-corrected chi connectivity index (χ0v) is 15.4. The van der Waals surface area contributed by atoms with E-state index in [1.54, 1.807) is 4.90 Å². The molecule has 0 radical (unpaired) electrons. The first-order chi connectivity index (χ1) is 13.1. The maximum atomic E-state index is 12.6. The van der Waals surface area contributed by atoms with Crippen molar-refractivity contribution in [2.75, 3.05) is 37.4 Å². The van der Waals surface area contributed by atoms with Gasteiger partial charge in [0, 0.05) is 56.1 Å². The summed E-state index contributed by atoms with van der Waals surface area (Å²) in [6.45, 7) is 0.590. The van der Waals surface area contributed by atoms with Crippen LogP contribution in [0.4, 0.5) is 21.6 Å². The number of carbonyl (C=O) groups is 1. The molecule has 4 rings (SSSR count). The number of rotatable bonds is 5. The minimum Gasteiger partial charge on any atom is -0.382 e. The number of halogens is 1. The predicted octanol–water partition coefficient (Wildman–Crippen LogP) is 3.33. The molecule has 0 aliphatic carbocycles. The Hall–Kier alpha value is -3.09. The molecule has 0 atom stereocenters. The number of aromatic nitrogens is 2. The van der Waals surface area contributed by atoms with E-state index < -0.39 is 6.67 Å². The lowest BCUT2D eigenvalue weighted by Crippen LogP contribution is -2.34. The molecule has 140 valence electrons. The van der Waals surface area contributed by atoms with Gasteiger partial charge in [0.25, 0.3) is 5.91 Å². The average Bonchev–Trinajstić information content (AvgIpc) is 2.96. The Morgan fingerprint density at radius 1 is 1.19 bits per heavy atom. The van der Waals surface area contributed by atoms with Crippen molar-refractivity contribution < 1.29 is 9.18 Å². The van der Waals surface area contributed by atoms with Crippen LogP contribution in [0.5, 0.6) is 0 Å². The Bertz CT molecular complexity index is 1010. The molecule has 0 saturated heterocycles. The van der Waals surface area contributed by atoms with Crippen molar-refractivity contribution in [1.82, 2.24) is 14.5 Å². The molecule has 1 aliphatic heterocycles. The zero-order valence-electron chi connectivity index (χ0n) is 15.4. The second kappa shape index (κ2) is 6.90. The van der Waals surface area contributed by atoms with Crippen LogP contribution < -0.4 is 10.6 Å². The summed E-state index contributed by atoms with van der Waals surface area (Å²) in [6, 6.07) is 11.5. The van der Waals surface area contributed by atoms with Gasteiger partial charge in [-0.25, -0.2) is 9.37 Å². The highest BCUT2D eigenvalue weighted by Crippen LogP contribution is 2.30. The average molecular weight is 367 g/mol. The Morgan fingerprint density at radius 3 is 2.81 bits per heavy atom. The third-order valence-electron chi connectivity index (χ3n) is 4.96. The second-order valence-corrected chi connectivity index (χ2v) is 6.75. The van der Waals surface area contributed by atoms with Crippen molar-refractivity contribution in [2.24, 2.45) is 7.05 Å². The van der Waals surface area contributed by atoms with Crippen LogP contribution >= 0.6 is 0 Å². The maximum Gasteiger partial charge on any atom is 0.256 e. The fraction of sp³-hybridized carbons (Fsp3) is 0.300. The van der Waals surface area contributed by atoms with Crippen LogP contribution in [0.3, 0.4) is 0 Å². The monoisotopic (exact) mass is 367 g/mol. The molecule has 2 N–H and O–H groups in total. The molecule has 2 aromatic heterocycles. The number of alkyl halides is 1. The molecule has 7 heteroatoms. The van der Waals surface area contributed by atoms with Crippen molar-refractivity contribution in [3.05, 3.63) is 47.7 Å². The van der Waals surface area contributed by atoms with Gasteiger partial charge < -0.3 is 20.1 Å². The van der Waals surface area contributed by atoms with E-state index in [0.29, 0.717) is 5.82 Å². The van der Waals surface area contributed by atoms with E-state index in [-0.39, 0.29) is 12.5 Å².